The molecule has 0 unspecified atom stereocenters. The van der Waals surface area contributed by atoms with E-state index < -0.39 is 0 Å². The van der Waals surface area contributed by atoms with E-state index >= 15 is 0 Å². The summed E-state index contributed by atoms with van der Waals surface area (Å²) in [4.78, 5) is 2.55. The number of halogens is 2. The molecule has 5 heteroatoms. The molecule has 2 rings (SSSR count). The van der Waals surface area contributed by atoms with Crippen LogP contribution in [0.4, 0.5) is 0 Å². The minimum atomic E-state index is 0.428. The lowest BCUT2D eigenvalue weighted by Crippen LogP contribution is -2.26. The molecule has 1 atom stereocenters. The van der Waals surface area contributed by atoms with Gasteiger partial charge in [0.25, 0.3) is 0 Å². The third kappa shape index (κ3) is 4.71. The molecule has 0 amide bonds. The van der Waals surface area contributed by atoms with Crippen LogP contribution in [-0.2, 0) is 6.54 Å². The third-order valence-electron chi connectivity index (χ3n) is 3.77. The van der Waals surface area contributed by atoms with E-state index in [0.29, 0.717) is 5.75 Å². The van der Waals surface area contributed by atoms with E-state index in [9.17, 15) is 5.11 Å². The first kappa shape index (κ1) is 16.8. The van der Waals surface area contributed by atoms with Gasteiger partial charge in [-0.15, -0.1) is 0 Å². The van der Waals surface area contributed by atoms with Crippen LogP contribution >= 0.6 is 45.2 Å². The maximum absolute atomic E-state index is 10.1. The van der Waals surface area contributed by atoms with Crippen molar-refractivity contribution in [3.63, 3.8) is 0 Å². The number of phenolic OH excluding ortho intramolecular Hbond substituents is 1. The van der Waals surface area contributed by atoms with Gasteiger partial charge in [-0.1, -0.05) is 6.92 Å². The Balaban J connectivity index is 1.79. The van der Waals surface area contributed by atoms with E-state index in [1.165, 1.54) is 36.0 Å². The SMILES string of the molecule is CCCN1CC[C@@H](CNCc2cc(I)cc(I)c2O)C1. The highest BCUT2D eigenvalue weighted by molar-refractivity contribution is 14.1. The lowest BCUT2D eigenvalue weighted by molar-refractivity contribution is 0.322. The van der Waals surface area contributed by atoms with Crippen LogP contribution in [0, 0.1) is 13.1 Å². The van der Waals surface area contributed by atoms with Crippen LogP contribution in [-0.4, -0.2) is 36.2 Å². The van der Waals surface area contributed by atoms with Crippen LogP contribution in [0.1, 0.15) is 25.3 Å². The van der Waals surface area contributed by atoms with Crippen LogP contribution in [0.15, 0.2) is 12.1 Å². The maximum Gasteiger partial charge on any atom is 0.133 e. The van der Waals surface area contributed by atoms with Crippen LogP contribution in [0.5, 0.6) is 5.75 Å². The smallest absolute Gasteiger partial charge is 0.133 e. The van der Waals surface area contributed by atoms with Crippen molar-refractivity contribution in [1.82, 2.24) is 10.2 Å². The van der Waals surface area contributed by atoms with Gasteiger partial charge in [0.05, 0.1) is 3.57 Å². The molecular weight excluding hydrogens is 478 g/mol. The first-order chi connectivity index (χ1) is 9.60. The van der Waals surface area contributed by atoms with E-state index in [-0.39, 0.29) is 0 Å². The fourth-order valence-corrected chi connectivity index (χ4v) is 4.73. The number of phenols is 1. The third-order valence-corrected chi connectivity index (χ3v) is 5.21. The van der Waals surface area contributed by atoms with Crippen molar-refractivity contribution in [3.05, 3.63) is 24.8 Å². The van der Waals surface area contributed by atoms with Gasteiger partial charge in [0.1, 0.15) is 5.75 Å². The zero-order valence-corrected chi connectivity index (χ0v) is 16.1. The Morgan fingerprint density at radius 2 is 2.20 bits per heavy atom. The summed E-state index contributed by atoms with van der Waals surface area (Å²) in [6.07, 6.45) is 2.54. The van der Waals surface area contributed by atoms with Crippen LogP contribution < -0.4 is 5.32 Å². The monoisotopic (exact) mass is 500 g/mol. The number of hydrogen-bond acceptors (Lipinski definition) is 3. The molecule has 1 fully saturated rings. The molecule has 1 aromatic rings. The van der Waals surface area contributed by atoms with Crippen molar-refractivity contribution in [2.24, 2.45) is 5.92 Å². The van der Waals surface area contributed by atoms with Gasteiger partial charge in [-0.3, -0.25) is 0 Å². The van der Waals surface area contributed by atoms with Gasteiger partial charge in [-0.25, -0.2) is 0 Å². The highest BCUT2D eigenvalue weighted by atomic mass is 127. The Bertz CT molecular complexity index is 454. The molecule has 2 N–H and O–H groups in total. The molecule has 1 aliphatic rings. The Morgan fingerprint density at radius 3 is 2.95 bits per heavy atom. The van der Waals surface area contributed by atoms with E-state index in [1.54, 1.807) is 0 Å². The average molecular weight is 500 g/mol. The van der Waals surface area contributed by atoms with E-state index in [1.807, 2.05) is 6.07 Å². The summed E-state index contributed by atoms with van der Waals surface area (Å²) in [6, 6.07) is 4.06. The molecule has 112 valence electrons. The summed E-state index contributed by atoms with van der Waals surface area (Å²) < 4.78 is 2.11. The second-order valence-corrected chi connectivity index (χ2v) is 7.89. The second-order valence-electron chi connectivity index (χ2n) is 5.48. The van der Waals surface area contributed by atoms with Crippen LogP contribution in [0.3, 0.4) is 0 Å². The lowest BCUT2D eigenvalue weighted by atomic mass is 10.1. The highest BCUT2D eigenvalue weighted by Crippen LogP contribution is 2.27. The molecule has 0 aliphatic carbocycles. The number of rotatable bonds is 6. The summed E-state index contributed by atoms with van der Waals surface area (Å²) in [6.45, 7) is 7.73. The zero-order chi connectivity index (χ0) is 14.5. The van der Waals surface area contributed by atoms with Gasteiger partial charge in [-0.05, 0) is 95.7 Å². The van der Waals surface area contributed by atoms with Gasteiger partial charge in [-0.2, -0.15) is 0 Å². The molecule has 0 aromatic heterocycles. The van der Waals surface area contributed by atoms with Crippen LogP contribution in [0.25, 0.3) is 0 Å². The Labute approximate surface area is 148 Å². The molecule has 3 nitrogen and oxygen atoms in total. The summed E-state index contributed by atoms with van der Waals surface area (Å²) in [5.41, 5.74) is 1.00. The van der Waals surface area contributed by atoms with Gasteiger partial charge in [0, 0.05) is 22.2 Å². The Morgan fingerprint density at radius 1 is 1.40 bits per heavy atom. The summed E-state index contributed by atoms with van der Waals surface area (Å²) in [5, 5.41) is 13.6. The van der Waals surface area contributed by atoms with Crippen molar-refractivity contribution < 1.29 is 5.11 Å². The van der Waals surface area contributed by atoms with Crippen molar-refractivity contribution in [2.45, 2.75) is 26.3 Å². The van der Waals surface area contributed by atoms with E-state index in [4.69, 9.17) is 0 Å². The highest BCUT2D eigenvalue weighted by Gasteiger charge is 2.21. The Hall–Kier alpha value is 0.400. The van der Waals surface area contributed by atoms with Gasteiger partial charge >= 0.3 is 0 Å². The Kier molecular flexibility index (Phi) is 6.83. The molecule has 0 radical (unpaired) electrons. The molecule has 1 aliphatic heterocycles. The minimum absolute atomic E-state index is 0.428. The number of nitrogens with one attached hydrogen (secondary N) is 1. The summed E-state index contributed by atoms with van der Waals surface area (Å²) in [5.74, 6) is 1.18. The summed E-state index contributed by atoms with van der Waals surface area (Å²) in [7, 11) is 0. The topological polar surface area (TPSA) is 35.5 Å². The zero-order valence-electron chi connectivity index (χ0n) is 11.8. The standard InChI is InChI=1S/C15H22I2N2O/c1-2-4-19-5-3-11(10-19)8-18-9-12-6-13(16)7-14(17)15(12)20/h6-7,11,18,20H,2-5,8-10H2,1H3/t11-/m0/s1. The number of benzene rings is 1. The molecule has 1 aromatic carbocycles. The molecule has 1 saturated heterocycles. The maximum atomic E-state index is 10.1. The van der Waals surface area contributed by atoms with Gasteiger partial charge < -0.3 is 15.3 Å². The number of likely N-dealkylation sites (tertiary alicyclic amines) is 1. The van der Waals surface area contributed by atoms with Crippen molar-refractivity contribution in [1.29, 1.82) is 0 Å². The first-order valence-electron chi connectivity index (χ1n) is 7.20. The quantitative estimate of drug-likeness (QED) is 0.589. The average Bonchev–Trinajstić information content (AvgIpc) is 2.83. The van der Waals surface area contributed by atoms with Crippen molar-refractivity contribution in [2.75, 3.05) is 26.2 Å². The molecule has 20 heavy (non-hydrogen) atoms. The van der Waals surface area contributed by atoms with E-state index in [2.05, 4.69) is 68.4 Å². The molecule has 1 heterocycles. The predicted molar refractivity (Wildman–Crippen MR) is 100 cm³/mol. The van der Waals surface area contributed by atoms with Gasteiger partial charge in [0.15, 0.2) is 0 Å². The number of aromatic hydroxyl groups is 1. The number of hydrogen-bond donors (Lipinski definition) is 2. The van der Waals surface area contributed by atoms with Gasteiger partial charge in [0.2, 0.25) is 0 Å². The molecule has 0 bridgehead atoms. The fraction of sp³-hybridized carbons (Fsp3) is 0.600. The molecule has 0 spiro atoms. The minimum Gasteiger partial charge on any atom is -0.507 e. The second kappa shape index (κ2) is 8.14. The lowest BCUT2D eigenvalue weighted by Gasteiger charge is -2.15. The van der Waals surface area contributed by atoms with Crippen LogP contribution in [0.2, 0.25) is 0 Å². The molecule has 0 saturated carbocycles. The van der Waals surface area contributed by atoms with E-state index in [0.717, 1.165) is 28.1 Å². The normalized spacial score (nSPS) is 19.6. The first-order valence-corrected chi connectivity index (χ1v) is 9.35. The predicted octanol–water partition coefficient (Wildman–Crippen LogP) is 3.42. The molecular formula is C15H22I2N2O. The van der Waals surface area contributed by atoms with Crippen molar-refractivity contribution in [3.8, 4) is 5.75 Å². The number of nitrogens with zero attached hydrogens (tertiary/aromatic N) is 1. The summed E-state index contributed by atoms with van der Waals surface area (Å²) >= 11 is 4.49. The fourth-order valence-electron chi connectivity index (χ4n) is 2.76. The largest absolute Gasteiger partial charge is 0.507 e. The van der Waals surface area contributed by atoms with Crippen molar-refractivity contribution >= 4 is 45.2 Å².